The number of ether oxygens (including phenoxy) is 3. The van der Waals surface area contributed by atoms with Crippen LogP contribution >= 0.6 is 0 Å². The molecule has 0 aromatic heterocycles. The zero-order chi connectivity index (χ0) is 23.9. The van der Waals surface area contributed by atoms with Gasteiger partial charge in [0.1, 0.15) is 17.6 Å². The van der Waals surface area contributed by atoms with Crippen molar-refractivity contribution in [1.29, 1.82) is 0 Å². The molecule has 1 aliphatic heterocycles. The van der Waals surface area contributed by atoms with Crippen LogP contribution in [-0.2, 0) is 0 Å². The van der Waals surface area contributed by atoms with E-state index in [2.05, 4.69) is 0 Å². The Morgan fingerprint density at radius 2 is 1.52 bits per heavy atom. The molecular weight excluding hydrogens is 432 g/mol. The molecule has 0 aliphatic carbocycles. The fourth-order valence-corrected chi connectivity index (χ4v) is 4.16. The summed E-state index contributed by atoms with van der Waals surface area (Å²) in [4.78, 5) is 21.6. The third-order valence-electron chi connectivity index (χ3n) is 5.76. The van der Waals surface area contributed by atoms with E-state index in [0.717, 1.165) is 11.6 Å². The summed E-state index contributed by atoms with van der Waals surface area (Å²) >= 11 is 0. The normalized spacial score (nSPS) is 16.6. The number of hydrogen-bond acceptors (Lipinski definition) is 8. The molecule has 33 heavy (non-hydrogen) atoms. The number of methoxy groups -OCH3 is 2. The van der Waals surface area contributed by atoms with Crippen LogP contribution < -0.4 is 14.2 Å². The van der Waals surface area contributed by atoms with Gasteiger partial charge in [0, 0.05) is 29.3 Å². The highest BCUT2D eigenvalue weighted by Crippen LogP contribution is 2.55. The number of phenols is 1. The first-order valence-corrected chi connectivity index (χ1v) is 9.90. The van der Waals surface area contributed by atoms with Gasteiger partial charge in [0.05, 0.1) is 36.1 Å². The Hall–Kier alpha value is -4.34. The summed E-state index contributed by atoms with van der Waals surface area (Å²) in [5.74, 6) is 0.504. The number of fused-ring (bicyclic) bond motifs is 1. The smallest absolute Gasteiger partial charge is 0.276 e. The summed E-state index contributed by atoms with van der Waals surface area (Å²) in [5.41, 5.74) is 1.27. The molecule has 1 N–H and O–H groups in total. The van der Waals surface area contributed by atoms with E-state index in [-0.39, 0.29) is 11.5 Å². The van der Waals surface area contributed by atoms with Gasteiger partial charge in [-0.1, -0.05) is 12.1 Å². The van der Waals surface area contributed by atoms with Gasteiger partial charge in [-0.15, -0.1) is 0 Å². The van der Waals surface area contributed by atoms with E-state index in [1.54, 1.807) is 44.4 Å². The van der Waals surface area contributed by atoms with Crippen LogP contribution in [0.3, 0.4) is 0 Å². The van der Waals surface area contributed by atoms with E-state index in [1.165, 1.54) is 19.2 Å². The second-order valence-corrected chi connectivity index (χ2v) is 7.55. The van der Waals surface area contributed by atoms with Crippen molar-refractivity contribution in [2.24, 2.45) is 0 Å². The fraction of sp³-hybridized carbons (Fsp3) is 0.217. The number of hydrogen-bond donors (Lipinski definition) is 1. The Morgan fingerprint density at radius 1 is 0.909 bits per heavy atom. The SMILES string of the molecule is COc1ccc([C@@H]2Oc3cc(OC)c(O)c(C)c3[C@H]2c2cc([N+](=O)[O-])cc([N+](=O)[O-])c2)cc1. The molecule has 0 amide bonds. The Labute approximate surface area is 188 Å². The highest BCUT2D eigenvalue weighted by atomic mass is 16.6. The molecule has 2 atom stereocenters. The van der Waals surface area contributed by atoms with Crippen molar-refractivity contribution >= 4 is 11.4 Å². The monoisotopic (exact) mass is 452 g/mol. The molecule has 10 nitrogen and oxygen atoms in total. The van der Waals surface area contributed by atoms with Crippen LogP contribution in [0.4, 0.5) is 11.4 Å². The lowest BCUT2D eigenvalue weighted by molar-refractivity contribution is -0.394. The number of rotatable bonds is 6. The average Bonchev–Trinajstić information content (AvgIpc) is 3.20. The summed E-state index contributed by atoms with van der Waals surface area (Å²) in [7, 11) is 2.96. The molecule has 10 heteroatoms. The van der Waals surface area contributed by atoms with E-state index in [9.17, 15) is 25.3 Å². The van der Waals surface area contributed by atoms with Gasteiger partial charge < -0.3 is 19.3 Å². The Kier molecular flexibility index (Phi) is 5.50. The number of nitro groups is 2. The van der Waals surface area contributed by atoms with Gasteiger partial charge in [0.15, 0.2) is 11.5 Å². The number of nitrogens with zero attached hydrogens (tertiary/aromatic N) is 2. The maximum atomic E-state index is 11.5. The fourth-order valence-electron chi connectivity index (χ4n) is 4.16. The van der Waals surface area contributed by atoms with Crippen molar-refractivity contribution < 1.29 is 29.2 Å². The summed E-state index contributed by atoms with van der Waals surface area (Å²) < 4.78 is 16.7. The maximum absolute atomic E-state index is 11.5. The van der Waals surface area contributed by atoms with Crippen LogP contribution in [-0.4, -0.2) is 29.2 Å². The number of aromatic hydroxyl groups is 1. The summed E-state index contributed by atoms with van der Waals surface area (Å²) in [6.45, 7) is 1.68. The molecule has 3 aromatic rings. The van der Waals surface area contributed by atoms with Gasteiger partial charge in [-0.3, -0.25) is 20.2 Å². The highest BCUT2D eigenvalue weighted by Gasteiger charge is 2.41. The van der Waals surface area contributed by atoms with Gasteiger partial charge in [-0.25, -0.2) is 0 Å². The Bertz CT molecular complexity index is 1220. The minimum Gasteiger partial charge on any atom is -0.504 e. The van der Waals surface area contributed by atoms with E-state index in [0.29, 0.717) is 28.2 Å². The molecule has 1 heterocycles. The molecule has 0 spiro atoms. The van der Waals surface area contributed by atoms with Crippen molar-refractivity contribution in [2.45, 2.75) is 18.9 Å². The number of non-ortho nitro benzene ring substituents is 2. The van der Waals surface area contributed by atoms with E-state index in [1.807, 2.05) is 0 Å². The first-order valence-electron chi connectivity index (χ1n) is 9.90. The van der Waals surface area contributed by atoms with Crippen LogP contribution in [0.15, 0.2) is 48.5 Å². The van der Waals surface area contributed by atoms with Crippen molar-refractivity contribution in [3.05, 3.63) is 91.0 Å². The minimum atomic E-state index is -0.673. The first kappa shape index (κ1) is 21.9. The van der Waals surface area contributed by atoms with Crippen molar-refractivity contribution in [2.75, 3.05) is 14.2 Å². The summed E-state index contributed by atoms with van der Waals surface area (Å²) in [6, 6.07) is 12.1. The predicted molar refractivity (Wildman–Crippen MR) is 117 cm³/mol. The lowest BCUT2D eigenvalue weighted by Gasteiger charge is -2.21. The van der Waals surface area contributed by atoms with Gasteiger partial charge >= 0.3 is 0 Å². The second-order valence-electron chi connectivity index (χ2n) is 7.55. The van der Waals surface area contributed by atoms with Crippen LogP contribution in [0.5, 0.6) is 23.0 Å². The highest BCUT2D eigenvalue weighted by molar-refractivity contribution is 5.63. The molecule has 170 valence electrons. The molecular formula is C23H20N2O8. The van der Waals surface area contributed by atoms with Crippen molar-refractivity contribution in [3.8, 4) is 23.0 Å². The minimum absolute atomic E-state index is 0.0971. The van der Waals surface area contributed by atoms with Crippen molar-refractivity contribution in [3.63, 3.8) is 0 Å². The van der Waals surface area contributed by atoms with Gasteiger partial charge in [-0.05, 0) is 30.2 Å². The van der Waals surface area contributed by atoms with Crippen LogP contribution in [0.25, 0.3) is 0 Å². The largest absolute Gasteiger partial charge is 0.504 e. The predicted octanol–water partition coefficient (Wildman–Crippen LogP) is 4.80. The lowest BCUT2D eigenvalue weighted by Crippen LogP contribution is -2.12. The molecule has 3 aromatic carbocycles. The third kappa shape index (κ3) is 3.75. The standard InChI is InChI=1S/C23H20N2O8/c1-12-20-18(11-19(32-3)22(12)26)33-23(13-4-6-17(31-2)7-5-13)21(20)14-8-15(24(27)28)10-16(9-14)25(29)30/h4-11,21,23,26H,1-3H3/t21-,23+/m1/s1. The molecule has 0 radical (unpaired) electrons. The average molecular weight is 452 g/mol. The van der Waals surface area contributed by atoms with Crippen LogP contribution in [0, 0.1) is 27.2 Å². The van der Waals surface area contributed by atoms with E-state index < -0.39 is 33.2 Å². The van der Waals surface area contributed by atoms with Gasteiger partial charge in [0.25, 0.3) is 11.4 Å². The summed E-state index contributed by atoms with van der Waals surface area (Å²) in [6.07, 6.45) is -0.669. The lowest BCUT2D eigenvalue weighted by atomic mass is 9.82. The van der Waals surface area contributed by atoms with Crippen LogP contribution in [0.1, 0.15) is 34.3 Å². The topological polar surface area (TPSA) is 134 Å². The maximum Gasteiger partial charge on any atom is 0.276 e. The van der Waals surface area contributed by atoms with E-state index >= 15 is 0 Å². The van der Waals surface area contributed by atoms with Crippen LogP contribution in [0.2, 0.25) is 0 Å². The number of nitro benzene ring substituents is 2. The first-order chi connectivity index (χ1) is 15.7. The molecule has 0 bridgehead atoms. The zero-order valence-corrected chi connectivity index (χ0v) is 18.0. The Balaban J connectivity index is 1.96. The molecule has 4 rings (SSSR count). The molecule has 0 fully saturated rings. The molecule has 0 saturated carbocycles. The quantitative estimate of drug-likeness (QED) is 0.416. The number of benzene rings is 3. The second kappa shape index (κ2) is 8.30. The zero-order valence-electron chi connectivity index (χ0n) is 18.0. The number of phenolic OH excluding ortho intramolecular Hbond substituents is 1. The van der Waals surface area contributed by atoms with Crippen molar-refractivity contribution in [1.82, 2.24) is 0 Å². The van der Waals surface area contributed by atoms with Gasteiger partial charge in [-0.2, -0.15) is 0 Å². The molecule has 0 unspecified atom stereocenters. The third-order valence-corrected chi connectivity index (χ3v) is 5.76. The summed E-state index contributed by atoms with van der Waals surface area (Å²) in [5, 5.41) is 33.6. The van der Waals surface area contributed by atoms with E-state index in [4.69, 9.17) is 14.2 Å². The molecule has 0 saturated heterocycles. The molecule has 1 aliphatic rings. The Morgan fingerprint density at radius 3 is 2.03 bits per heavy atom. The van der Waals surface area contributed by atoms with Gasteiger partial charge in [0.2, 0.25) is 0 Å².